The van der Waals surface area contributed by atoms with Gasteiger partial charge in [0.1, 0.15) is 0 Å². The number of hydrogen-bond donors (Lipinski definition) is 2. The summed E-state index contributed by atoms with van der Waals surface area (Å²) < 4.78 is 0.908. The van der Waals surface area contributed by atoms with E-state index in [9.17, 15) is 9.90 Å². The summed E-state index contributed by atoms with van der Waals surface area (Å²) in [5, 5.41) is 12.8. The van der Waals surface area contributed by atoms with E-state index < -0.39 is 0 Å². The Hall–Kier alpha value is -3.47. The quantitative estimate of drug-likeness (QED) is 0.262. The summed E-state index contributed by atoms with van der Waals surface area (Å²) in [4.78, 5) is 13.6. The largest absolute Gasteiger partial charge is 0.392 e. The lowest BCUT2D eigenvalue weighted by atomic mass is 9.79. The molecule has 0 bridgehead atoms. The lowest BCUT2D eigenvalue weighted by Gasteiger charge is -2.26. The first kappa shape index (κ1) is 22.3. The Morgan fingerprint density at radius 1 is 0.853 bits per heavy atom. The molecular formula is C30H24BrNO2. The molecule has 34 heavy (non-hydrogen) atoms. The topological polar surface area (TPSA) is 49.3 Å². The first-order valence-electron chi connectivity index (χ1n) is 11.1. The molecule has 4 aromatic rings. The second-order valence-corrected chi connectivity index (χ2v) is 9.52. The van der Waals surface area contributed by atoms with E-state index in [1.165, 1.54) is 0 Å². The zero-order valence-electron chi connectivity index (χ0n) is 19.1. The van der Waals surface area contributed by atoms with Gasteiger partial charge in [-0.2, -0.15) is 0 Å². The smallest absolute Gasteiger partial charge is 0.196 e. The Morgan fingerprint density at radius 3 is 2.24 bits per heavy atom. The van der Waals surface area contributed by atoms with Gasteiger partial charge in [-0.3, -0.25) is 4.79 Å². The van der Waals surface area contributed by atoms with Crippen molar-refractivity contribution in [1.82, 2.24) is 0 Å². The zero-order chi connectivity index (χ0) is 24.0. The summed E-state index contributed by atoms with van der Waals surface area (Å²) in [6, 6.07) is 23.8. The van der Waals surface area contributed by atoms with Gasteiger partial charge in [0.05, 0.1) is 23.5 Å². The predicted octanol–water partition coefficient (Wildman–Crippen LogP) is 7.57. The molecule has 0 radical (unpaired) electrons. The molecule has 0 spiro atoms. The maximum absolute atomic E-state index is 13.6. The average molecular weight is 510 g/mol. The molecule has 2 N–H and O–H groups in total. The minimum Gasteiger partial charge on any atom is -0.392 e. The number of nitrogens with one attached hydrogen (secondary N) is 1. The van der Waals surface area contributed by atoms with Crippen molar-refractivity contribution in [1.29, 1.82) is 0 Å². The van der Waals surface area contributed by atoms with Crippen LogP contribution in [0.4, 0.5) is 11.4 Å². The number of aliphatic hydroxyl groups is 1. The third kappa shape index (κ3) is 3.69. The molecule has 1 aliphatic carbocycles. The summed E-state index contributed by atoms with van der Waals surface area (Å²) >= 11 is 3.74. The maximum Gasteiger partial charge on any atom is 0.196 e. The van der Waals surface area contributed by atoms with Crippen molar-refractivity contribution in [3.63, 3.8) is 0 Å². The molecule has 0 aliphatic heterocycles. The second-order valence-electron chi connectivity index (χ2n) is 8.66. The molecule has 0 unspecified atom stereocenters. The second kappa shape index (κ2) is 8.71. The van der Waals surface area contributed by atoms with Crippen molar-refractivity contribution in [3.05, 3.63) is 123 Å². The number of fused-ring (bicyclic) bond motifs is 2. The van der Waals surface area contributed by atoms with Crippen molar-refractivity contribution in [2.75, 3.05) is 5.32 Å². The summed E-state index contributed by atoms with van der Waals surface area (Å²) in [5.41, 5.74) is 10.8. The average Bonchev–Trinajstić information content (AvgIpc) is 2.85. The Bertz CT molecular complexity index is 1450. The van der Waals surface area contributed by atoms with E-state index in [0.29, 0.717) is 11.1 Å². The molecule has 0 saturated carbocycles. The molecule has 4 heteroatoms. The number of hydrogen-bond acceptors (Lipinski definition) is 3. The molecule has 0 heterocycles. The number of aryl methyl sites for hydroxylation is 2. The van der Waals surface area contributed by atoms with Crippen LogP contribution < -0.4 is 5.32 Å². The predicted molar refractivity (Wildman–Crippen MR) is 143 cm³/mol. The van der Waals surface area contributed by atoms with Gasteiger partial charge in [0.15, 0.2) is 5.78 Å². The Balaban J connectivity index is 1.57. The normalized spacial score (nSPS) is 12.4. The van der Waals surface area contributed by atoms with Crippen LogP contribution in [0.25, 0.3) is 16.7 Å². The monoisotopic (exact) mass is 509 g/mol. The van der Waals surface area contributed by atoms with Gasteiger partial charge in [0.2, 0.25) is 0 Å². The van der Waals surface area contributed by atoms with Crippen molar-refractivity contribution in [2.24, 2.45) is 0 Å². The van der Waals surface area contributed by atoms with Crippen LogP contribution in [0.3, 0.4) is 0 Å². The van der Waals surface area contributed by atoms with Crippen molar-refractivity contribution >= 4 is 38.7 Å². The van der Waals surface area contributed by atoms with Crippen molar-refractivity contribution < 1.29 is 9.90 Å². The molecule has 168 valence electrons. The molecule has 0 amide bonds. The van der Waals surface area contributed by atoms with Gasteiger partial charge < -0.3 is 10.4 Å². The SMILES string of the molecule is C=C1c2ccccc2C(=O)c2c(Nc3c(C)cc(-c4ccc(CO)cc4)cc3Br)ccc(C)c21. The van der Waals surface area contributed by atoms with Gasteiger partial charge in [-0.15, -0.1) is 0 Å². The minimum atomic E-state index is 0.0126. The highest BCUT2D eigenvalue weighted by atomic mass is 79.9. The summed E-state index contributed by atoms with van der Waals surface area (Å²) in [7, 11) is 0. The number of carbonyl (C=O) groups excluding carboxylic acids is 1. The third-order valence-electron chi connectivity index (χ3n) is 6.46. The van der Waals surface area contributed by atoms with Gasteiger partial charge in [-0.05, 0) is 92.5 Å². The van der Waals surface area contributed by atoms with E-state index in [4.69, 9.17) is 0 Å². The highest BCUT2D eigenvalue weighted by molar-refractivity contribution is 9.10. The molecule has 4 aromatic carbocycles. The number of ketones is 1. The van der Waals surface area contributed by atoms with Crippen LogP contribution in [-0.4, -0.2) is 10.9 Å². The van der Waals surface area contributed by atoms with E-state index in [2.05, 4.69) is 46.9 Å². The number of halogens is 1. The van der Waals surface area contributed by atoms with Gasteiger partial charge in [-0.25, -0.2) is 0 Å². The third-order valence-corrected chi connectivity index (χ3v) is 7.08. The molecular weight excluding hydrogens is 486 g/mol. The summed E-state index contributed by atoms with van der Waals surface area (Å²) in [6.07, 6.45) is 0. The van der Waals surface area contributed by atoms with Crippen LogP contribution in [0.1, 0.15) is 43.7 Å². The Labute approximate surface area is 207 Å². The first-order chi connectivity index (χ1) is 16.4. The van der Waals surface area contributed by atoms with E-state index in [0.717, 1.165) is 60.4 Å². The van der Waals surface area contributed by atoms with Gasteiger partial charge in [0.25, 0.3) is 0 Å². The Morgan fingerprint density at radius 2 is 1.56 bits per heavy atom. The molecule has 1 aliphatic rings. The molecule has 3 nitrogen and oxygen atoms in total. The zero-order valence-corrected chi connectivity index (χ0v) is 20.7. The Kier molecular flexibility index (Phi) is 5.72. The van der Waals surface area contributed by atoms with Crippen LogP contribution in [0.15, 0.2) is 83.8 Å². The maximum atomic E-state index is 13.6. The van der Waals surface area contributed by atoms with E-state index >= 15 is 0 Å². The van der Waals surface area contributed by atoms with Gasteiger partial charge in [-0.1, -0.05) is 61.2 Å². The standard InChI is InChI=1S/C30H24BrNO2/c1-17-8-13-26(28-27(17)19(3)23-6-4-5-7-24(23)30(28)34)32-29-18(2)14-22(15-25(29)31)21-11-9-20(16-33)10-12-21/h4-15,32-33H,3,16H2,1-2H3. The van der Waals surface area contributed by atoms with Gasteiger partial charge >= 0.3 is 0 Å². The molecule has 0 fully saturated rings. The highest BCUT2D eigenvalue weighted by Crippen LogP contribution is 2.42. The van der Waals surface area contributed by atoms with Crippen molar-refractivity contribution in [2.45, 2.75) is 20.5 Å². The van der Waals surface area contributed by atoms with Crippen LogP contribution >= 0.6 is 15.9 Å². The fourth-order valence-corrected chi connectivity index (χ4v) is 5.31. The number of carbonyl (C=O) groups is 1. The highest BCUT2D eigenvalue weighted by Gasteiger charge is 2.29. The summed E-state index contributed by atoms with van der Waals surface area (Å²) in [5.74, 6) is 0.0126. The molecule has 0 saturated heterocycles. The summed E-state index contributed by atoms with van der Waals surface area (Å²) in [6.45, 7) is 8.43. The number of aliphatic hydroxyl groups excluding tert-OH is 1. The minimum absolute atomic E-state index is 0.0126. The number of anilines is 2. The molecule has 5 rings (SSSR count). The fraction of sp³-hybridized carbons (Fsp3) is 0.100. The first-order valence-corrected chi connectivity index (χ1v) is 11.9. The number of benzene rings is 4. The van der Waals surface area contributed by atoms with E-state index in [-0.39, 0.29) is 12.4 Å². The van der Waals surface area contributed by atoms with Gasteiger partial charge in [0, 0.05) is 10.0 Å². The van der Waals surface area contributed by atoms with Crippen LogP contribution in [0.5, 0.6) is 0 Å². The van der Waals surface area contributed by atoms with Crippen LogP contribution in [0, 0.1) is 13.8 Å². The van der Waals surface area contributed by atoms with Crippen LogP contribution in [-0.2, 0) is 6.61 Å². The molecule has 0 aromatic heterocycles. The molecule has 0 atom stereocenters. The lowest BCUT2D eigenvalue weighted by molar-refractivity contribution is 0.103. The van der Waals surface area contributed by atoms with Crippen molar-refractivity contribution in [3.8, 4) is 11.1 Å². The van der Waals surface area contributed by atoms with E-state index in [1.54, 1.807) is 0 Å². The fourth-order valence-electron chi connectivity index (χ4n) is 4.66. The van der Waals surface area contributed by atoms with E-state index in [1.807, 2.05) is 67.6 Å². The number of rotatable bonds is 4. The lowest BCUT2D eigenvalue weighted by Crippen LogP contribution is -2.17. The van der Waals surface area contributed by atoms with Crippen LogP contribution in [0.2, 0.25) is 0 Å².